The number of carbonyl (C=O) groups excluding carboxylic acids is 1. The van der Waals surface area contributed by atoms with Gasteiger partial charge >= 0.3 is 0 Å². The molecule has 1 fully saturated rings. The second-order valence-corrected chi connectivity index (χ2v) is 6.85. The number of hydrogen-bond donors (Lipinski definition) is 1. The van der Waals surface area contributed by atoms with Crippen molar-refractivity contribution in [1.82, 2.24) is 0 Å². The zero-order valence-electron chi connectivity index (χ0n) is 14.1. The average Bonchev–Trinajstić information content (AvgIpc) is 3.05. The van der Waals surface area contributed by atoms with Crippen LogP contribution in [0.2, 0.25) is 0 Å². The van der Waals surface area contributed by atoms with E-state index in [1.807, 2.05) is 24.3 Å². The summed E-state index contributed by atoms with van der Waals surface area (Å²) < 4.78 is 13.6. The molecule has 0 atom stereocenters. The number of anilines is 2. The zero-order chi connectivity index (χ0) is 17.4. The van der Waals surface area contributed by atoms with E-state index in [-0.39, 0.29) is 5.82 Å². The van der Waals surface area contributed by atoms with Crippen LogP contribution in [0.5, 0.6) is 0 Å². The Labute approximate surface area is 147 Å². The number of fused-ring (bicyclic) bond motifs is 1. The van der Waals surface area contributed by atoms with Gasteiger partial charge in [0.25, 0.3) is 0 Å². The lowest BCUT2D eigenvalue weighted by Crippen LogP contribution is -2.44. The number of rotatable bonds is 3. The van der Waals surface area contributed by atoms with Crippen LogP contribution in [-0.4, -0.2) is 31.6 Å². The normalized spacial score (nSPS) is 17.6. The van der Waals surface area contributed by atoms with Crippen molar-refractivity contribution >= 4 is 17.3 Å². The number of nitrogens with two attached hydrogens (primary N) is 1. The Balaban J connectivity index is 1.45. The van der Waals surface area contributed by atoms with E-state index in [0.29, 0.717) is 11.6 Å². The highest BCUT2D eigenvalue weighted by Crippen LogP contribution is 2.34. The molecule has 4 rings (SSSR count). The van der Waals surface area contributed by atoms with Gasteiger partial charge in [0.1, 0.15) is 5.82 Å². The van der Waals surface area contributed by atoms with E-state index in [0.717, 1.165) is 50.3 Å². The number of carbonyl (C=O) groups is 1. The molecule has 2 aliphatic heterocycles. The number of nitrogens with zero attached hydrogens (tertiary/aromatic N) is 2. The SMILES string of the molecule is NC(=O)c1cccc(N2CCC(N3CCc4ccc(F)cc43)CC2)c1. The van der Waals surface area contributed by atoms with Crippen molar-refractivity contribution in [1.29, 1.82) is 0 Å². The number of hydrogen-bond acceptors (Lipinski definition) is 3. The highest BCUT2D eigenvalue weighted by atomic mass is 19.1. The predicted molar refractivity (Wildman–Crippen MR) is 97.6 cm³/mol. The summed E-state index contributed by atoms with van der Waals surface area (Å²) in [5, 5.41) is 0. The smallest absolute Gasteiger partial charge is 0.248 e. The highest BCUT2D eigenvalue weighted by Gasteiger charge is 2.29. The van der Waals surface area contributed by atoms with Crippen LogP contribution in [0.3, 0.4) is 0 Å². The van der Waals surface area contributed by atoms with E-state index in [1.165, 1.54) is 5.56 Å². The fourth-order valence-corrected chi connectivity index (χ4v) is 4.05. The quantitative estimate of drug-likeness (QED) is 0.935. The van der Waals surface area contributed by atoms with Gasteiger partial charge in [-0.3, -0.25) is 4.79 Å². The molecule has 2 aliphatic rings. The lowest BCUT2D eigenvalue weighted by atomic mass is 10.0. The zero-order valence-corrected chi connectivity index (χ0v) is 14.1. The molecule has 130 valence electrons. The Morgan fingerprint density at radius 2 is 1.88 bits per heavy atom. The summed E-state index contributed by atoms with van der Waals surface area (Å²) in [4.78, 5) is 16.0. The van der Waals surface area contributed by atoms with Crippen LogP contribution >= 0.6 is 0 Å². The minimum atomic E-state index is -0.396. The molecule has 0 saturated carbocycles. The number of amides is 1. The highest BCUT2D eigenvalue weighted by molar-refractivity contribution is 5.93. The first-order valence-electron chi connectivity index (χ1n) is 8.82. The van der Waals surface area contributed by atoms with Crippen LogP contribution in [0, 0.1) is 5.82 Å². The van der Waals surface area contributed by atoms with Crippen LogP contribution in [0.25, 0.3) is 0 Å². The second kappa shape index (κ2) is 6.39. The molecule has 2 aromatic rings. The monoisotopic (exact) mass is 339 g/mol. The van der Waals surface area contributed by atoms with Crippen LogP contribution in [0.1, 0.15) is 28.8 Å². The van der Waals surface area contributed by atoms with E-state index in [4.69, 9.17) is 5.73 Å². The molecule has 25 heavy (non-hydrogen) atoms. The maximum absolute atomic E-state index is 13.6. The molecule has 0 unspecified atom stereocenters. The molecule has 1 amide bonds. The molecule has 2 N–H and O–H groups in total. The largest absolute Gasteiger partial charge is 0.371 e. The van der Waals surface area contributed by atoms with Crippen molar-refractivity contribution in [2.75, 3.05) is 29.4 Å². The van der Waals surface area contributed by atoms with Gasteiger partial charge in [-0.1, -0.05) is 12.1 Å². The standard InChI is InChI=1S/C20H22FN3O/c21-16-5-4-14-6-11-24(19(14)13-16)17-7-9-23(10-8-17)18-3-1-2-15(12-18)20(22)25/h1-5,12-13,17H,6-11H2,(H2,22,25). The maximum Gasteiger partial charge on any atom is 0.248 e. The fourth-order valence-electron chi connectivity index (χ4n) is 4.05. The van der Waals surface area contributed by atoms with Gasteiger partial charge in [-0.15, -0.1) is 0 Å². The molecule has 0 spiro atoms. The predicted octanol–water partition coefficient (Wildman–Crippen LogP) is 2.96. The number of primary amides is 1. The van der Waals surface area contributed by atoms with Gasteiger partial charge < -0.3 is 15.5 Å². The van der Waals surface area contributed by atoms with Crippen LogP contribution in [0.15, 0.2) is 42.5 Å². The summed E-state index contributed by atoms with van der Waals surface area (Å²) in [7, 11) is 0. The summed E-state index contributed by atoms with van der Waals surface area (Å²) in [6.07, 6.45) is 3.05. The molecule has 5 heteroatoms. The van der Waals surface area contributed by atoms with Gasteiger partial charge in [0.15, 0.2) is 0 Å². The van der Waals surface area contributed by atoms with Crippen molar-refractivity contribution in [3.63, 3.8) is 0 Å². The van der Waals surface area contributed by atoms with E-state index in [1.54, 1.807) is 18.2 Å². The van der Waals surface area contributed by atoms with Crippen molar-refractivity contribution in [3.8, 4) is 0 Å². The van der Waals surface area contributed by atoms with Crippen LogP contribution in [-0.2, 0) is 6.42 Å². The van der Waals surface area contributed by atoms with Crippen LogP contribution in [0.4, 0.5) is 15.8 Å². The molecule has 2 heterocycles. The summed E-state index contributed by atoms with van der Waals surface area (Å²) in [5.74, 6) is -0.557. The van der Waals surface area contributed by atoms with E-state index in [9.17, 15) is 9.18 Å². The summed E-state index contributed by atoms with van der Waals surface area (Å²) >= 11 is 0. The van der Waals surface area contributed by atoms with Gasteiger partial charge in [0.05, 0.1) is 0 Å². The van der Waals surface area contributed by atoms with E-state index >= 15 is 0 Å². The first kappa shape index (κ1) is 15.9. The molecule has 0 aromatic heterocycles. The minimum absolute atomic E-state index is 0.161. The van der Waals surface area contributed by atoms with Crippen molar-refractivity contribution in [2.45, 2.75) is 25.3 Å². The molecule has 0 radical (unpaired) electrons. The first-order valence-corrected chi connectivity index (χ1v) is 8.82. The fraction of sp³-hybridized carbons (Fsp3) is 0.350. The average molecular weight is 339 g/mol. The molecule has 0 aliphatic carbocycles. The molecular formula is C20H22FN3O. The third-order valence-corrected chi connectivity index (χ3v) is 5.38. The Kier molecular flexibility index (Phi) is 4.07. The number of halogens is 1. The van der Waals surface area contributed by atoms with Crippen molar-refractivity contribution in [3.05, 3.63) is 59.4 Å². The maximum atomic E-state index is 13.6. The molecule has 1 saturated heterocycles. The Bertz CT molecular complexity index is 799. The van der Waals surface area contributed by atoms with Gasteiger partial charge in [-0.25, -0.2) is 4.39 Å². The summed E-state index contributed by atoms with van der Waals surface area (Å²) in [5.41, 5.74) is 9.28. The Morgan fingerprint density at radius 3 is 2.64 bits per heavy atom. The van der Waals surface area contributed by atoms with Gasteiger partial charge in [0, 0.05) is 42.6 Å². The van der Waals surface area contributed by atoms with Gasteiger partial charge in [0.2, 0.25) is 5.91 Å². The van der Waals surface area contributed by atoms with Crippen molar-refractivity contribution in [2.24, 2.45) is 5.73 Å². The molecular weight excluding hydrogens is 317 g/mol. The van der Waals surface area contributed by atoms with E-state index < -0.39 is 5.91 Å². The molecule has 4 nitrogen and oxygen atoms in total. The van der Waals surface area contributed by atoms with Crippen molar-refractivity contribution < 1.29 is 9.18 Å². The van der Waals surface area contributed by atoms with Gasteiger partial charge in [-0.2, -0.15) is 0 Å². The third-order valence-electron chi connectivity index (χ3n) is 5.38. The first-order chi connectivity index (χ1) is 12.1. The topological polar surface area (TPSA) is 49.6 Å². The van der Waals surface area contributed by atoms with Gasteiger partial charge in [-0.05, 0) is 55.2 Å². The lowest BCUT2D eigenvalue weighted by Gasteiger charge is -2.39. The molecule has 0 bridgehead atoms. The Hall–Kier alpha value is -2.56. The minimum Gasteiger partial charge on any atom is -0.371 e. The van der Waals surface area contributed by atoms with Crippen LogP contribution < -0.4 is 15.5 Å². The number of piperidine rings is 1. The van der Waals surface area contributed by atoms with E-state index in [2.05, 4.69) is 9.80 Å². The molecule has 2 aromatic carbocycles. The third kappa shape index (κ3) is 3.06. The number of benzene rings is 2. The Morgan fingerprint density at radius 1 is 1.08 bits per heavy atom. The summed E-state index contributed by atoms with van der Waals surface area (Å²) in [6.45, 7) is 2.82. The lowest BCUT2D eigenvalue weighted by molar-refractivity contribution is 0.100. The second-order valence-electron chi connectivity index (χ2n) is 6.85. The summed E-state index contributed by atoms with van der Waals surface area (Å²) in [6, 6.07) is 13.1.